The Morgan fingerprint density at radius 2 is 0.935 bits per heavy atom. The van der Waals surface area contributed by atoms with Crippen molar-refractivity contribution >= 4 is 10.9 Å². The fourth-order valence-electron chi connectivity index (χ4n) is 4.96. The van der Waals surface area contributed by atoms with E-state index in [1.165, 1.54) is 96.3 Å². The van der Waals surface area contributed by atoms with Gasteiger partial charge in [-0.25, -0.2) is 0 Å². The van der Waals surface area contributed by atoms with Crippen molar-refractivity contribution in [3.05, 3.63) is 36.5 Å². The molecule has 0 N–H and O–H groups in total. The Hall–Kier alpha value is -0.590. The van der Waals surface area contributed by atoms with Gasteiger partial charge in [-0.15, -0.1) is 0 Å². The lowest BCUT2D eigenvalue weighted by atomic mass is 10.1. The lowest BCUT2D eigenvalue weighted by Crippen LogP contribution is -2.22. The molecule has 46 heavy (non-hydrogen) atoms. The molecular formula is C41H83NO3S. The second-order valence-electron chi connectivity index (χ2n) is 12.8. The molecule has 0 aliphatic carbocycles. The molecule has 0 rings (SSSR count). The molecule has 0 spiro atoms. The first-order valence-corrected chi connectivity index (χ1v) is 21.4. The van der Waals surface area contributed by atoms with Crippen LogP contribution in [-0.4, -0.2) is 50.6 Å². The predicted molar refractivity (Wildman–Crippen MR) is 211 cm³/mol. The minimum absolute atomic E-state index is 0.121. The third kappa shape index (κ3) is 34.7. The van der Waals surface area contributed by atoms with E-state index >= 15 is 0 Å². The van der Waals surface area contributed by atoms with Crippen LogP contribution in [0.2, 0.25) is 0 Å². The van der Waals surface area contributed by atoms with Gasteiger partial charge in [-0.2, -0.15) is 0 Å². The summed E-state index contributed by atoms with van der Waals surface area (Å²) in [6.07, 6.45) is 40.5. The van der Waals surface area contributed by atoms with E-state index in [9.17, 15) is 0 Å². The van der Waals surface area contributed by atoms with Gasteiger partial charge in [0, 0.05) is 5.75 Å². The second-order valence-corrected chi connectivity index (χ2v) is 15.0. The van der Waals surface area contributed by atoms with E-state index in [0.717, 1.165) is 57.2 Å². The van der Waals surface area contributed by atoms with E-state index in [-0.39, 0.29) is 6.10 Å². The van der Waals surface area contributed by atoms with Gasteiger partial charge in [-0.3, -0.25) is 12.5 Å². The standard InChI is InChI=1S/C39H77NO3S.C2H6/c1-7-10-13-16-19-22-26-31-36-41-44(38-33-28-25-30-35-40(5)6,42-37-32-27-23-20-17-14-11-8-2)43-39(4)34-29-24-21-18-15-12-9-3;1-2/h19-24,39H,7-18,25-38H2,1-6H3;1-2H3/b22-19-,23-20-,24-21-;/t39-;/m0./s1. The molecule has 276 valence electrons. The highest BCUT2D eigenvalue weighted by Gasteiger charge is 2.29. The summed E-state index contributed by atoms with van der Waals surface area (Å²) < 4.78 is 20.2. The zero-order valence-electron chi connectivity index (χ0n) is 32.5. The molecule has 0 aromatic rings. The van der Waals surface area contributed by atoms with E-state index in [1.807, 2.05) is 13.8 Å². The zero-order chi connectivity index (χ0) is 34.4. The van der Waals surface area contributed by atoms with Crippen molar-refractivity contribution in [2.45, 2.75) is 189 Å². The van der Waals surface area contributed by atoms with Crippen molar-refractivity contribution in [1.29, 1.82) is 0 Å². The summed E-state index contributed by atoms with van der Waals surface area (Å²) in [7, 11) is 2.27. The molecule has 0 bridgehead atoms. The number of hydrogen-bond donors (Lipinski definition) is 0. The molecule has 0 saturated carbocycles. The van der Waals surface area contributed by atoms with Gasteiger partial charge in [0.1, 0.15) is 0 Å². The van der Waals surface area contributed by atoms with E-state index < -0.39 is 10.9 Å². The van der Waals surface area contributed by atoms with Crippen molar-refractivity contribution in [2.75, 3.05) is 39.6 Å². The number of hydrogen-bond acceptors (Lipinski definition) is 4. The van der Waals surface area contributed by atoms with Crippen LogP contribution in [-0.2, 0) is 12.5 Å². The molecular weight excluding hydrogens is 587 g/mol. The molecule has 0 heterocycles. The van der Waals surface area contributed by atoms with E-state index in [4.69, 9.17) is 12.5 Å². The van der Waals surface area contributed by atoms with Crippen LogP contribution in [0.25, 0.3) is 0 Å². The lowest BCUT2D eigenvalue weighted by molar-refractivity contribution is 0.128. The molecule has 0 aliphatic rings. The summed E-state index contributed by atoms with van der Waals surface area (Å²) in [4.78, 5) is 2.28. The van der Waals surface area contributed by atoms with E-state index in [2.05, 4.69) is 83.1 Å². The van der Waals surface area contributed by atoms with Gasteiger partial charge in [0.05, 0.1) is 30.2 Å². The SMILES string of the molecule is CC.CCCCC/C=C\CCCOS(CCCCCCN(C)C)(OCCC/C=C\CCCCC)O[C@@H](C)CC/C=C\CCCCC. The molecule has 0 saturated heterocycles. The first-order chi connectivity index (χ1) is 22.5. The zero-order valence-corrected chi connectivity index (χ0v) is 33.3. The molecule has 0 radical (unpaired) electrons. The molecule has 5 heteroatoms. The molecule has 1 atom stereocenters. The molecule has 0 unspecified atom stereocenters. The molecule has 4 nitrogen and oxygen atoms in total. The Morgan fingerprint density at radius 3 is 1.37 bits per heavy atom. The van der Waals surface area contributed by atoms with Gasteiger partial charge in [-0.05, 0) is 117 Å². The third-order valence-corrected chi connectivity index (χ3v) is 10.2. The third-order valence-electron chi connectivity index (χ3n) is 7.78. The maximum atomic E-state index is 6.83. The normalized spacial score (nSPS) is 13.3. The Bertz CT molecular complexity index is 636. The number of rotatable bonds is 34. The summed E-state index contributed by atoms with van der Waals surface area (Å²) in [5, 5.41) is 0. The molecule has 0 aliphatic heterocycles. The molecule has 0 aromatic carbocycles. The summed E-state index contributed by atoms with van der Waals surface area (Å²) in [6.45, 7) is 15.6. The minimum Gasteiger partial charge on any atom is -0.309 e. The van der Waals surface area contributed by atoms with Crippen molar-refractivity contribution in [3.63, 3.8) is 0 Å². The van der Waals surface area contributed by atoms with Crippen LogP contribution >= 0.6 is 10.9 Å². The van der Waals surface area contributed by atoms with Gasteiger partial charge in [-0.1, -0.05) is 122 Å². The second kappa shape index (κ2) is 38.9. The molecule has 0 amide bonds. The Morgan fingerprint density at radius 1 is 0.522 bits per heavy atom. The van der Waals surface area contributed by atoms with Gasteiger partial charge in [0.15, 0.2) is 0 Å². The van der Waals surface area contributed by atoms with Crippen LogP contribution in [0.15, 0.2) is 36.5 Å². The molecule has 0 aromatic heterocycles. The quantitative estimate of drug-likeness (QED) is 0.0504. The van der Waals surface area contributed by atoms with Crippen molar-refractivity contribution in [2.24, 2.45) is 0 Å². The highest BCUT2D eigenvalue weighted by molar-refractivity contribution is 8.21. The number of nitrogens with zero attached hydrogens (tertiary/aromatic N) is 1. The van der Waals surface area contributed by atoms with Crippen LogP contribution in [0.1, 0.15) is 183 Å². The highest BCUT2D eigenvalue weighted by Crippen LogP contribution is 2.54. The maximum Gasteiger partial charge on any atom is 0.0890 e. The summed E-state index contributed by atoms with van der Waals surface area (Å²) in [6, 6.07) is 0. The van der Waals surface area contributed by atoms with Crippen LogP contribution in [0, 0.1) is 0 Å². The fourth-order valence-corrected chi connectivity index (χ4v) is 7.37. The topological polar surface area (TPSA) is 30.9 Å². The average molecular weight is 670 g/mol. The Balaban J connectivity index is 0. The first-order valence-electron chi connectivity index (χ1n) is 19.9. The highest BCUT2D eigenvalue weighted by atomic mass is 32.3. The van der Waals surface area contributed by atoms with E-state index in [1.54, 1.807) is 0 Å². The van der Waals surface area contributed by atoms with Crippen molar-refractivity contribution in [1.82, 2.24) is 4.90 Å². The molecule has 0 fully saturated rings. The summed E-state index contributed by atoms with van der Waals surface area (Å²) in [5.41, 5.74) is 0. The van der Waals surface area contributed by atoms with Gasteiger partial charge in [0.2, 0.25) is 0 Å². The number of unbranched alkanes of at least 4 members (excludes halogenated alkanes) is 14. The smallest absolute Gasteiger partial charge is 0.0890 e. The maximum absolute atomic E-state index is 6.83. The van der Waals surface area contributed by atoms with E-state index in [0.29, 0.717) is 13.2 Å². The average Bonchev–Trinajstić information content (AvgIpc) is 3.05. The summed E-state index contributed by atoms with van der Waals surface area (Å²) in [5.74, 6) is 0.881. The van der Waals surface area contributed by atoms with Crippen LogP contribution < -0.4 is 0 Å². The monoisotopic (exact) mass is 670 g/mol. The first kappa shape index (κ1) is 47.5. The van der Waals surface area contributed by atoms with Gasteiger partial charge >= 0.3 is 0 Å². The number of allylic oxidation sites excluding steroid dienone is 6. The Kier molecular flexibility index (Phi) is 40.1. The van der Waals surface area contributed by atoms with Gasteiger partial charge < -0.3 is 4.90 Å². The lowest BCUT2D eigenvalue weighted by Gasteiger charge is -2.40. The predicted octanol–water partition coefficient (Wildman–Crippen LogP) is 13.9. The minimum atomic E-state index is -2.05. The van der Waals surface area contributed by atoms with Crippen LogP contribution in [0.3, 0.4) is 0 Å². The van der Waals surface area contributed by atoms with Crippen molar-refractivity contribution < 1.29 is 12.5 Å². The van der Waals surface area contributed by atoms with Crippen LogP contribution in [0.5, 0.6) is 0 Å². The fraction of sp³-hybridized carbons (Fsp3) is 0.854. The largest absolute Gasteiger partial charge is 0.309 e. The van der Waals surface area contributed by atoms with Gasteiger partial charge in [0.25, 0.3) is 0 Å². The Labute approximate surface area is 292 Å². The van der Waals surface area contributed by atoms with Crippen molar-refractivity contribution in [3.8, 4) is 0 Å². The summed E-state index contributed by atoms with van der Waals surface area (Å²) >= 11 is 0. The van der Waals surface area contributed by atoms with Crippen LogP contribution in [0.4, 0.5) is 0 Å².